The Morgan fingerprint density at radius 2 is 1.47 bits per heavy atom. The zero-order chi connectivity index (χ0) is 12.3. The van der Waals surface area contributed by atoms with Crippen LogP contribution in [-0.4, -0.2) is 19.5 Å². The van der Waals surface area contributed by atoms with Gasteiger partial charge in [0.1, 0.15) is 0 Å². The maximum absolute atomic E-state index is 5.94. The van der Waals surface area contributed by atoms with Gasteiger partial charge in [-0.1, -0.05) is 47.6 Å². The Balaban J connectivity index is 4.60. The first kappa shape index (κ1) is 14.7. The highest BCUT2D eigenvalue weighted by Gasteiger charge is 2.31. The molecule has 0 rings (SSSR count). The molecule has 0 aromatic rings. The number of ether oxygens (including phenoxy) is 2. The fourth-order valence-corrected chi connectivity index (χ4v) is 1.36. The first-order chi connectivity index (χ1) is 6.62. The van der Waals surface area contributed by atoms with Gasteiger partial charge in [-0.15, -0.1) is 6.58 Å². The quantitative estimate of drug-likeness (QED) is 0.525. The van der Waals surface area contributed by atoms with Gasteiger partial charge in [-0.2, -0.15) is 0 Å². The van der Waals surface area contributed by atoms with Crippen molar-refractivity contribution in [3.63, 3.8) is 0 Å². The minimum atomic E-state index is -0.209. The van der Waals surface area contributed by atoms with Gasteiger partial charge >= 0.3 is 0 Å². The van der Waals surface area contributed by atoms with Crippen molar-refractivity contribution in [1.82, 2.24) is 0 Å². The van der Waals surface area contributed by atoms with Gasteiger partial charge < -0.3 is 9.47 Å². The minimum Gasteiger partial charge on any atom is -0.355 e. The van der Waals surface area contributed by atoms with Crippen LogP contribution in [0.3, 0.4) is 0 Å². The van der Waals surface area contributed by atoms with E-state index in [0.717, 1.165) is 0 Å². The van der Waals surface area contributed by atoms with Crippen LogP contribution in [0.25, 0.3) is 0 Å². The van der Waals surface area contributed by atoms with Gasteiger partial charge in [-0.25, -0.2) is 0 Å². The maximum Gasteiger partial charge on any atom is 0.162 e. The summed E-state index contributed by atoms with van der Waals surface area (Å²) in [6.07, 6.45) is 1.64. The first-order valence-electron chi connectivity index (χ1n) is 5.43. The topological polar surface area (TPSA) is 18.5 Å². The predicted molar refractivity (Wildman–Crippen MR) is 64.8 cm³/mol. The molecule has 0 aliphatic rings. The fourth-order valence-electron chi connectivity index (χ4n) is 1.36. The van der Waals surface area contributed by atoms with Gasteiger partial charge in [0, 0.05) is 12.5 Å². The molecule has 0 heterocycles. The van der Waals surface area contributed by atoms with Crippen LogP contribution in [0.5, 0.6) is 0 Å². The van der Waals surface area contributed by atoms with Gasteiger partial charge in [-0.3, -0.25) is 0 Å². The second-order valence-electron chi connectivity index (χ2n) is 6.09. The van der Waals surface area contributed by atoms with E-state index in [1.807, 2.05) is 6.08 Å². The normalized spacial score (nSPS) is 17.3. The lowest BCUT2D eigenvalue weighted by atomic mass is 9.88. The summed E-state index contributed by atoms with van der Waals surface area (Å²) < 4.78 is 11.3. The standard InChI is InChI=1S/C13H26O2/c1-9-10(12(2,3)4)15-11(14-8)13(5,6)7/h9-11H,1H2,2-8H3. The molecule has 0 aromatic heterocycles. The Morgan fingerprint density at radius 1 is 1.00 bits per heavy atom. The molecule has 2 atom stereocenters. The SMILES string of the molecule is C=CC(OC(OC)C(C)(C)C)C(C)(C)C. The van der Waals surface area contributed by atoms with E-state index in [1.165, 1.54) is 0 Å². The summed E-state index contributed by atoms with van der Waals surface area (Å²) in [6.45, 7) is 16.5. The summed E-state index contributed by atoms with van der Waals surface area (Å²) in [5.74, 6) is 0. The Morgan fingerprint density at radius 3 is 1.67 bits per heavy atom. The van der Waals surface area contributed by atoms with E-state index in [9.17, 15) is 0 Å². The molecule has 15 heavy (non-hydrogen) atoms. The van der Waals surface area contributed by atoms with Crippen molar-refractivity contribution in [2.24, 2.45) is 10.8 Å². The molecule has 2 unspecified atom stereocenters. The van der Waals surface area contributed by atoms with Crippen LogP contribution in [0, 0.1) is 10.8 Å². The lowest BCUT2D eigenvalue weighted by Gasteiger charge is -2.36. The smallest absolute Gasteiger partial charge is 0.162 e. The van der Waals surface area contributed by atoms with E-state index in [-0.39, 0.29) is 23.2 Å². The lowest BCUT2D eigenvalue weighted by molar-refractivity contribution is -0.210. The Hall–Kier alpha value is -0.340. The van der Waals surface area contributed by atoms with Crippen LogP contribution < -0.4 is 0 Å². The van der Waals surface area contributed by atoms with Crippen molar-refractivity contribution in [2.75, 3.05) is 7.11 Å². The van der Waals surface area contributed by atoms with Gasteiger partial charge in [-0.05, 0) is 5.41 Å². The summed E-state index contributed by atoms with van der Waals surface area (Å²) in [5, 5.41) is 0. The van der Waals surface area contributed by atoms with E-state index in [4.69, 9.17) is 9.47 Å². The summed E-state index contributed by atoms with van der Waals surface area (Å²) in [4.78, 5) is 0. The molecule has 90 valence electrons. The number of hydrogen-bond acceptors (Lipinski definition) is 2. The van der Waals surface area contributed by atoms with Crippen molar-refractivity contribution >= 4 is 0 Å². The molecule has 0 saturated carbocycles. The third-order valence-corrected chi connectivity index (χ3v) is 2.26. The van der Waals surface area contributed by atoms with Gasteiger partial charge in [0.25, 0.3) is 0 Å². The molecule has 0 amide bonds. The van der Waals surface area contributed by atoms with Crippen molar-refractivity contribution in [3.8, 4) is 0 Å². The molecule has 2 nitrogen and oxygen atoms in total. The summed E-state index contributed by atoms with van der Waals surface area (Å²) in [6, 6.07) is 0. The second-order valence-corrected chi connectivity index (χ2v) is 6.09. The van der Waals surface area contributed by atoms with Gasteiger partial charge in [0.15, 0.2) is 6.29 Å². The molecule has 0 fully saturated rings. The third-order valence-electron chi connectivity index (χ3n) is 2.26. The van der Waals surface area contributed by atoms with Gasteiger partial charge in [0.05, 0.1) is 6.10 Å². The lowest BCUT2D eigenvalue weighted by Crippen LogP contribution is -2.38. The molecule has 0 N–H and O–H groups in total. The maximum atomic E-state index is 5.94. The largest absolute Gasteiger partial charge is 0.355 e. The highest BCUT2D eigenvalue weighted by atomic mass is 16.7. The summed E-state index contributed by atoms with van der Waals surface area (Å²) in [5.41, 5.74) is 0.0189. The molecule has 0 aliphatic carbocycles. The highest BCUT2D eigenvalue weighted by molar-refractivity contribution is 4.90. The monoisotopic (exact) mass is 214 g/mol. The molecular formula is C13H26O2. The van der Waals surface area contributed by atoms with Crippen molar-refractivity contribution in [1.29, 1.82) is 0 Å². The molecule has 0 aromatic carbocycles. The summed E-state index contributed by atoms with van der Waals surface area (Å²) >= 11 is 0. The highest BCUT2D eigenvalue weighted by Crippen LogP contribution is 2.30. The zero-order valence-corrected chi connectivity index (χ0v) is 11.3. The second kappa shape index (κ2) is 5.13. The first-order valence-corrected chi connectivity index (χ1v) is 5.43. The fraction of sp³-hybridized carbons (Fsp3) is 0.846. The Labute approximate surface area is 94.7 Å². The van der Waals surface area contributed by atoms with Crippen LogP contribution in [0.2, 0.25) is 0 Å². The number of methoxy groups -OCH3 is 1. The molecule has 0 radical (unpaired) electrons. The third kappa shape index (κ3) is 4.80. The van der Waals surface area contributed by atoms with Crippen molar-refractivity contribution in [3.05, 3.63) is 12.7 Å². The molecular weight excluding hydrogens is 188 g/mol. The molecule has 0 aliphatic heterocycles. The molecule has 0 bridgehead atoms. The van der Waals surface area contributed by atoms with E-state index in [1.54, 1.807) is 7.11 Å². The average molecular weight is 214 g/mol. The van der Waals surface area contributed by atoms with Crippen LogP contribution in [0.1, 0.15) is 41.5 Å². The van der Waals surface area contributed by atoms with Crippen LogP contribution in [0.15, 0.2) is 12.7 Å². The van der Waals surface area contributed by atoms with Crippen molar-refractivity contribution in [2.45, 2.75) is 53.9 Å². The molecule has 2 heteroatoms. The van der Waals surface area contributed by atoms with E-state index < -0.39 is 0 Å². The zero-order valence-electron chi connectivity index (χ0n) is 11.3. The summed E-state index contributed by atoms with van der Waals surface area (Å²) in [7, 11) is 1.68. The molecule has 0 saturated heterocycles. The Bertz CT molecular complexity index is 196. The van der Waals surface area contributed by atoms with Crippen LogP contribution in [-0.2, 0) is 9.47 Å². The predicted octanol–water partition coefficient (Wildman–Crippen LogP) is 3.62. The molecule has 0 spiro atoms. The van der Waals surface area contributed by atoms with E-state index in [2.05, 4.69) is 48.1 Å². The van der Waals surface area contributed by atoms with Gasteiger partial charge in [0.2, 0.25) is 0 Å². The average Bonchev–Trinajstić information content (AvgIpc) is 2.01. The van der Waals surface area contributed by atoms with Crippen molar-refractivity contribution < 1.29 is 9.47 Å². The van der Waals surface area contributed by atoms with Crippen LogP contribution >= 0.6 is 0 Å². The van der Waals surface area contributed by atoms with E-state index >= 15 is 0 Å². The van der Waals surface area contributed by atoms with E-state index in [0.29, 0.717) is 0 Å². The number of hydrogen-bond donors (Lipinski definition) is 0. The van der Waals surface area contributed by atoms with Crippen LogP contribution in [0.4, 0.5) is 0 Å². The Kier molecular flexibility index (Phi) is 5.01. The minimum absolute atomic E-state index is 0.00155. The number of rotatable bonds is 4.